The molecule has 0 spiro atoms. The fourth-order valence-corrected chi connectivity index (χ4v) is 3.88. The van der Waals surface area contributed by atoms with E-state index in [4.69, 9.17) is 11.6 Å². The molecule has 6 nitrogen and oxygen atoms in total. The van der Waals surface area contributed by atoms with Crippen molar-refractivity contribution in [1.29, 1.82) is 0 Å². The third-order valence-electron chi connectivity index (χ3n) is 2.57. The Bertz CT molecular complexity index is 741. The number of halogens is 1. The number of anilines is 1. The lowest BCUT2D eigenvalue weighted by molar-refractivity contribution is -0.119. The lowest BCUT2D eigenvalue weighted by Gasteiger charge is -2.07. The second kappa shape index (κ2) is 6.42. The van der Waals surface area contributed by atoms with Crippen molar-refractivity contribution in [2.75, 3.05) is 11.8 Å². The van der Waals surface area contributed by atoms with Crippen LogP contribution in [-0.2, 0) is 21.2 Å². The normalized spacial score (nSPS) is 11.1. The number of hydrogen-bond donors (Lipinski definition) is 2. The molecule has 0 saturated carbocycles. The molecule has 1 heterocycles. The van der Waals surface area contributed by atoms with E-state index in [1.165, 1.54) is 6.20 Å². The summed E-state index contributed by atoms with van der Waals surface area (Å²) in [6.45, 7) is 0. The summed E-state index contributed by atoms with van der Waals surface area (Å²) in [5, 5.41) is 2.52. The van der Waals surface area contributed by atoms with Crippen LogP contribution >= 0.6 is 22.9 Å². The molecule has 0 aliphatic heterocycles. The van der Waals surface area contributed by atoms with Crippen LogP contribution in [0.2, 0.25) is 4.47 Å². The van der Waals surface area contributed by atoms with Gasteiger partial charge in [0.25, 0.3) is 10.0 Å². The first kappa shape index (κ1) is 15.7. The number of carbonyl (C=O) groups excluding carboxylic acids is 1. The van der Waals surface area contributed by atoms with Crippen LogP contribution in [0.15, 0.2) is 34.7 Å². The molecule has 0 atom stereocenters. The molecule has 2 rings (SSSR count). The number of thiazole rings is 1. The predicted molar refractivity (Wildman–Crippen MR) is 82.1 cm³/mol. The molecule has 1 aromatic heterocycles. The van der Waals surface area contributed by atoms with Crippen LogP contribution in [0.3, 0.4) is 0 Å². The van der Waals surface area contributed by atoms with E-state index >= 15 is 0 Å². The summed E-state index contributed by atoms with van der Waals surface area (Å²) in [5.41, 5.74) is 1.19. The third-order valence-corrected chi connectivity index (χ3v) is 5.53. The lowest BCUT2D eigenvalue weighted by atomic mass is 10.1. The van der Waals surface area contributed by atoms with Gasteiger partial charge >= 0.3 is 0 Å². The Morgan fingerprint density at radius 1 is 1.33 bits per heavy atom. The van der Waals surface area contributed by atoms with Crippen molar-refractivity contribution in [3.63, 3.8) is 0 Å². The van der Waals surface area contributed by atoms with E-state index in [1.54, 1.807) is 31.3 Å². The Balaban J connectivity index is 2.11. The van der Waals surface area contributed by atoms with Crippen LogP contribution in [0, 0.1) is 0 Å². The maximum absolute atomic E-state index is 12.1. The average Bonchev–Trinajstić information content (AvgIpc) is 2.88. The van der Waals surface area contributed by atoms with E-state index in [-0.39, 0.29) is 21.0 Å². The SMILES string of the molecule is CNC(=O)Cc1ccc(NS(=O)(=O)c2cnc(Cl)s2)cc1. The second-order valence-electron chi connectivity index (χ2n) is 4.08. The number of likely N-dealkylation sites (N-methyl/N-ethyl adjacent to an activating group) is 1. The van der Waals surface area contributed by atoms with Crippen molar-refractivity contribution < 1.29 is 13.2 Å². The number of carbonyl (C=O) groups is 1. The maximum atomic E-state index is 12.1. The van der Waals surface area contributed by atoms with Gasteiger partial charge in [0.1, 0.15) is 0 Å². The maximum Gasteiger partial charge on any atom is 0.273 e. The first-order chi connectivity index (χ1) is 9.90. The molecule has 0 saturated heterocycles. The summed E-state index contributed by atoms with van der Waals surface area (Å²) in [4.78, 5) is 14.9. The number of sulfonamides is 1. The van der Waals surface area contributed by atoms with Gasteiger partial charge < -0.3 is 5.32 Å². The van der Waals surface area contributed by atoms with Gasteiger partial charge in [-0.05, 0) is 17.7 Å². The van der Waals surface area contributed by atoms with Crippen molar-refractivity contribution in [2.24, 2.45) is 0 Å². The van der Waals surface area contributed by atoms with Gasteiger partial charge in [-0.25, -0.2) is 13.4 Å². The smallest absolute Gasteiger partial charge is 0.273 e. The van der Waals surface area contributed by atoms with Gasteiger partial charge in [-0.3, -0.25) is 9.52 Å². The molecular weight excluding hydrogens is 334 g/mol. The molecule has 0 aliphatic rings. The Hall–Kier alpha value is -1.64. The Morgan fingerprint density at radius 3 is 2.52 bits per heavy atom. The Morgan fingerprint density at radius 2 is 2.00 bits per heavy atom. The van der Waals surface area contributed by atoms with Crippen molar-refractivity contribution in [3.05, 3.63) is 40.5 Å². The minimum absolute atomic E-state index is 0.0435. The van der Waals surface area contributed by atoms with Crippen LogP contribution in [-0.4, -0.2) is 26.4 Å². The molecule has 0 aliphatic carbocycles. The summed E-state index contributed by atoms with van der Waals surface area (Å²) in [7, 11) is -2.13. The second-order valence-corrected chi connectivity index (χ2v) is 7.61. The fourth-order valence-electron chi connectivity index (χ4n) is 1.53. The molecule has 0 unspecified atom stereocenters. The molecule has 1 amide bonds. The first-order valence-corrected chi connectivity index (χ1v) is 8.52. The van der Waals surface area contributed by atoms with Crippen LogP contribution < -0.4 is 10.0 Å². The first-order valence-electron chi connectivity index (χ1n) is 5.84. The van der Waals surface area contributed by atoms with Gasteiger partial charge in [-0.1, -0.05) is 35.1 Å². The minimum atomic E-state index is -3.69. The zero-order valence-corrected chi connectivity index (χ0v) is 13.3. The average molecular weight is 346 g/mol. The molecule has 9 heteroatoms. The Labute approximate surface area is 131 Å². The molecule has 0 radical (unpaired) electrons. The number of nitrogens with one attached hydrogen (secondary N) is 2. The zero-order chi connectivity index (χ0) is 15.5. The fraction of sp³-hybridized carbons (Fsp3) is 0.167. The molecule has 0 bridgehead atoms. The summed E-state index contributed by atoms with van der Waals surface area (Å²) >= 11 is 6.51. The number of aromatic nitrogens is 1. The van der Waals surface area contributed by atoms with Crippen LogP contribution in [0.1, 0.15) is 5.56 Å². The zero-order valence-electron chi connectivity index (χ0n) is 11.0. The van der Waals surface area contributed by atoms with Gasteiger partial charge in [0.15, 0.2) is 8.68 Å². The molecule has 2 N–H and O–H groups in total. The van der Waals surface area contributed by atoms with Crippen LogP contribution in [0.5, 0.6) is 0 Å². The highest BCUT2D eigenvalue weighted by molar-refractivity contribution is 7.94. The minimum Gasteiger partial charge on any atom is -0.359 e. The lowest BCUT2D eigenvalue weighted by Crippen LogP contribution is -2.19. The van der Waals surface area contributed by atoms with Gasteiger partial charge in [-0.15, -0.1) is 0 Å². The summed E-state index contributed by atoms with van der Waals surface area (Å²) in [5.74, 6) is -0.109. The number of hydrogen-bond acceptors (Lipinski definition) is 5. The van der Waals surface area contributed by atoms with E-state index in [1.807, 2.05) is 0 Å². The molecule has 21 heavy (non-hydrogen) atoms. The topological polar surface area (TPSA) is 88.2 Å². The largest absolute Gasteiger partial charge is 0.359 e. The number of benzene rings is 1. The van der Waals surface area contributed by atoms with Crippen molar-refractivity contribution in [1.82, 2.24) is 10.3 Å². The van der Waals surface area contributed by atoms with Gasteiger partial charge in [0.05, 0.1) is 12.6 Å². The van der Waals surface area contributed by atoms with Gasteiger partial charge in [0, 0.05) is 12.7 Å². The predicted octanol–water partition coefficient (Wildman–Crippen LogP) is 1.89. The van der Waals surface area contributed by atoms with Crippen molar-refractivity contribution >= 4 is 44.6 Å². The standard InChI is InChI=1S/C12H12ClN3O3S2/c1-14-10(17)6-8-2-4-9(5-3-8)16-21(18,19)11-7-15-12(13)20-11/h2-5,7,16H,6H2,1H3,(H,14,17). The summed E-state index contributed by atoms with van der Waals surface area (Å²) in [6, 6.07) is 6.57. The highest BCUT2D eigenvalue weighted by atomic mass is 35.5. The van der Waals surface area contributed by atoms with Crippen LogP contribution in [0.4, 0.5) is 5.69 Å². The van der Waals surface area contributed by atoms with Gasteiger partial charge in [-0.2, -0.15) is 0 Å². The molecular formula is C12H12ClN3O3S2. The summed E-state index contributed by atoms with van der Waals surface area (Å²) < 4.78 is 26.8. The van der Waals surface area contributed by atoms with Gasteiger partial charge in [0.2, 0.25) is 5.91 Å². The third kappa shape index (κ3) is 4.16. The van der Waals surface area contributed by atoms with Crippen molar-refractivity contribution in [3.8, 4) is 0 Å². The summed E-state index contributed by atoms with van der Waals surface area (Å²) in [6.07, 6.45) is 1.45. The number of rotatable bonds is 5. The molecule has 2 aromatic rings. The number of nitrogens with zero attached hydrogens (tertiary/aromatic N) is 1. The van der Waals surface area contributed by atoms with E-state index in [2.05, 4.69) is 15.0 Å². The monoisotopic (exact) mass is 345 g/mol. The quantitative estimate of drug-likeness (QED) is 0.866. The molecule has 112 valence electrons. The molecule has 0 fully saturated rings. The van der Waals surface area contributed by atoms with E-state index in [0.29, 0.717) is 5.69 Å². The highest BCUT2D eigenvalue weighted by Gasteiger charge is 2.17. The van der Waals surface area contributed by atoms with E-state index in [0.717, 1.165) is 16.9 Å². The van der Waals surface area contributed by atoms with E-state index < -0.39 is 10.0 Å². The van der Waals surface area contributed by atoms with Crippen LogP contribution in [0.25, 0.3) is 0 Å². The number of amides is 1. The van der Waals surface area contributed by atoms with E-state index in [9.17, 15) is 13.2 Å². The van der Waals surface area contributed by atoms with Crippen molar-refractivity contribution in [2.45, 2.75) is 10.6 Å². The molecule has 1 aromatic carbocycles. The Kier molecular flexibility index (Phi) is 4.81. The highest BCUT2D eigenvalue weighted by Crippen LogP contribution is 2.24.